The molecule has 1 saturated heterocycles. The number of rotatable bonds is 4. The quantitative estimate of drug-likeness (QED) is 0.799. The second-order valence-corrected chi connectivity index (χ2v) is 6.72. The lowest BCUT2D eigenvalue weighted by Gasteiger charge is -2.18. The van der Waals surface area contributed by atoms with Crippen LogP contribution in [-0.2, 0) is 0 Å². The summed E-state index contributed by atoms with van der Waals surface area (Å²) in [5.41, 5.74) is 1.65. The largest absolute Gasteiger partial charge is 0.472 e. The first kappa shape index (κ1) is 16.8. The van der Waals surface area contributed by atoms with Crippen LogP contribution >= 0.6 is 11.8 Å². The van der Waals surface area contributed by atoms with Gasteiger partial charge in [-0.1, -0.05) is 12.1 Å². The number of hydrogen-bond acceptors (Lipinski definition) is 5. The molecule has 1 aliphatic heterocycles. The molecule has 24 heavy (non-hydrogen) atoms. The van der Waals surface area contributed by atoms with E-state index in [0.29, 0.717) is 24.8 Å². The van der Waals surface area contributed by atoms with Crippen molar-refractivity contribution in [3.05, 3.63) is 47.4 Å². The van der Waals surface area contributed by atoms with Gasteiger partial charge in [-0.2, -0.15) is 4.98 Å². The second kappa shape index (κ2) is 7.21. The van der Waals surface area contributed by atoms with Crippen LogP contribution in [0.2, 0.25) is 0 Å². The molecule has 1 fully saturated rings. The lowest BCUT2D eigenvalue weighted by molar-refractivity contribution is 0.0767. The number of thioether (sulfide) groups is 1. The fraction of sp³-hybridized carbons (Fsp3) is 0.389. The van der Waals surface area contributed by atoms with Crippen molar-refractivity contribution in [2.75, 3.05) is 19.3 Å². The molecule has 1 amide bonds. The van der Waals surface area contributed by atoms with E-state index in [-0.39, 0.29) is 12.0 Å². The van der Waals surface area contributed by atoms with Gasteiger partial charge in [0, 0.05) is 29.6 Å². The first-order chi connectivity index (χ1) is 11.6. The van der Waals surface area contributed by atoms with E-state index in [0.717, 1.165) is 22.6 Å². The van der Waals surface area contributed by atoms with Crippen LogP contribution in [-0.4, -0.2) is 46.2 Å². The maximum Gasteiger partial charge on any atom is 0.255 e. The predicted octanol–water partition coefficient (Wildman–Crippen LogP) is 3.11. The van der Waals surface area contributed by atoms with Crippen LogP contribution < -0.4 is 4.74 Å². The Morgan fingerprint density at radius 2 is 2.08 bits per heavy atom. The highest BCUT2D eigenvalue weighted by Crippen LogP contribution is 2.24. The van der Waals surface area contributed by atoms with E-state index in [1.54, 1.807) is 11.8 Å². The Kier molecular flexibility index (Phi) is 5.04. The molecular formula is C18H21N3O2S. The number of carbonyl (C=O) groups is 1. The first-order valence-corrected chi connectivity index (χ1v) is 9.20. The van der Waals surface area contributed by atoms with Crippen LogP contribution in [0.1, 0.15) is 28.3 Å². The molecule has 0 saturated carbocycles. The lowest BCUT2D eigenvalue weighted by Crippen LogP contribution is -2.31. The van der Waals surface area contributed by atoms with E-state index < -0.39 is 0 Å². The van der Waals surface area contributed by atoms with Crippen molar-refractivity contribution in [3.8, 4) is 5.88 Å². The highest BCUT2D eigenvalue weighted by Gasteiger charge is 2.29. The van der Waals surface area contributed by atoms with E-state index in [4.69, 9.17) is 4.74 Å². The summed E-state index contributed by atoms with van der Waals surface area (Å²) >= 11 is 1.59. The number of aromatic nitrogens is 2. The fourth-order valence-electron chi connectivity index (χ4n) is 2.91. The topological polar surface area (TPSA) is 55.3 Å². The molecule has 5 nitrogen and oxygen atoms in total. The molecule has 0 unspecified atom stereocenters. The van der Waals surface area contributed by atoms with Gasteiger partial charge in [0.05, 0.1) is 12.1 Å². The molecule has 1 aliphatic rings. The molecule has 0 radical (unpaired) electrons. The van der Waals surface area contributed by atoms with E-state index >= 15 is 0 Å². The van der Waals surface area contributed by atoms with Crippen LogP contribution in [0.5, 0.6) is 5.88 Å². The predicted molar refractivity (Wildman–Crippen MR) is 94.7 cm³/mol. The summed E-state index contributed by atoms with van der Waals surface area (Å²) in [6.07, 6.45) is 2.78. The number of likely N-dealkylation sites (tertiary alicyclic amines) is 1. The minimum Gasteiger partial charge on any atom is -0.472 e. The van der Waals surface area contributed by atoms with Crippen molar-refractivity contribution in [1.82, 2.24) is 14.9 Å². The van der Waals surface area contributed by atoms with Crippen molar-refractivity contribution in [2.45, 2.75) is 31.3 Å². The van der Waals surface area contributed by atoms with E-state index in [1.165, 1.54) is 0 Å². The summed E-state index contributed by atoms with van der Waals surface area (Å²) in [6, 6.07) is 9.57. The van der Waals surface area contributed by atoms with Crippen molar-refractivity contribution >= 4 is 17.7 Å². The zero-order valence-corrected chi connectivity index (χ0v) is 15.0. The third-order valence-corrected chi connectivity index (χ3v) is 4.80. The van der Waals surface area contributed by atoms with Crippen LogP contribution in [0.15, 0.2) is 35.2 Å². The number of hydrogen-bond donors (Lipinski definition) is 0. The minimum atomic E-state index is -0.0240. The summed E-state index contributed by atoms with van der Waals surface area (Å²) < 4.78 is 5.96. The molecule has 0 spiro atoms. The van der Waals surface area contributed by atoms with Gasteiger partial charge in [-0.15, -0.1) is 11.8 Å². The number of carbonyl (C=O) groups excluding carboxylic acids is 1. The molecule has 1 aromatic carbocycles. The lowest BCUT2D eigenvalue weighted by atomic mass is 10.2. The average molecular weight is 343 g/mol. The van der Waals surface area contributed by atoms with Crippen LogP contribution in [0.3, 0.4) is 0 Å². The zero-order valence-electron chi connectivity index (χ0n) is 14.2. The van der Waals surface area contributed by atoms with Gasteiger partial charge in [0.2, 0.25) is 5.88 Å². The van der Waals surface area contributed by atoms with Crippen molar-refractivity contribution < 1.29 is 9.53 Å². The van der Waals surface area contributed by atoms with Crippen molar-refractivity contribution in [2.24, 2.45) is 0 Å². The number of ether oxygens (including phenoxy) is 1. The monoisotopic (exact) mass is 343 g/mol. The Labute approximate surface area is 146 Å². The maximum atomic E-state index is 12.8. The number of aryl methyl sites for hydroxylation is 2. The Morgan fingerprint density at radius 3 is 2.83 bits per heavy atom. The summed E-state index contributed by atoms with van der Waals surface area (Å²) in [6.45, 7) is 5.06. The van der Waals surface area contributed by atoms with Crippen molar-refractivity contribution in [3.63, 3.8) is 0 Å². The van der Waals surface area contributed by atoms with E-state index in [2.05, 4.69) is 9.97 Å². The highest BCUT2D eigenvalue weighted by atomic mass is 32.2. The average Bonchev–Trinajstić information content (AvgIpc) is 3.01. The third kappa shape index (κ3) is 3.70. The van der Waals surface area contributed by atoms with Gasteiger partial charge in [-0.25, -0.2) is 4.98 Å². The van der Waals surface area contributed by atoms with Gasteiger partial charge in [-0.3, -0.25) is 4.79 Å². The van der Waals surface area contributed by atoms with E-state index in [9.17, 15) is 4.79 Å². The Bertz CT molecular complexity index is 731. The number of amides is 1. The molecule has 1 atom stereocenters. The Balaban J connectivity index is 1.67. The zero-order chi connectivity index (χ0) is 17.1. The molecular weight excluding hydrogens is 322 g/mol. The minimum absolute atomic E-state index is 0.0240. The van der Waals surface area contributed by atoms with Gasteiger partial charge >= 0.3 is 0 Å². The van der Waals surface area contributed by atoms with Gasteiger partial charge in [0.25, 0.3) is 5.91 Å². The number of benzene rings is 1. The SMILES string of the molecule is CSc1ccccc1C(=O)N1CC[C@H](Oc2cc(C)nc(C)n2)C1. The Hall–Kier alpha value is -2.08. The third-order valence-electron chi connectivity index (χ3n) is 4.00. The summed E-state index contributed by atoms with van der Waals surface area (Å²) in [5, 5.41) is 0. The smallest absolute Gasteiger partial charge is 0.255 e. The van der Waals surface area contributed by atoms with Crippen LogP contribution in [0, 0.1) is 13.8 Å². The van der Waals surface area contributed by atoms with E-state index in [1.807, 2.05) is 55.3 Å². The second-order valence-electron chi connectivity index (χ2n) is 5.87. The fourth-order valence-corrected chi connectivity index (χ4v) is 3.50. The van der Waals surface area contributed by atoms with Gasteiger partial charge in [0.1, 0.15) is 11.9 Å². The Morgan fingerprint density at radius 1 is 1.29 bits per heavy atom. The van der Waals surface area contributed by atoms with Crippen molar-refractivity contribution in [1.29, 1.82) is 0 Å². The highest BCUT2D eigenvalue weighted by molar-refractivity contribution is 7.98. The van der Waals surface area contributed by atoms with Gasteiger partial charge in [0.15, 0.2) is 0 Å². The van der Waals surface area contributed by atoms with Crippen LogP contribution in [0.4, 0.5) is 0 Å². The molecule has 1 aromatic heterocycles. The summed E-state index contributed by atoms with van der Waals surface area (Å²) in [5.74, 6) is 1.36. The molecule has 3 rings (SSSR count). The molecule has 0 bridgehead atoms. The molecule has 6 heteroatoms. The number of nitrogens with zero attached hydrogens (tertiary/aromatic N) is 3. The maximum absolute atomic E-state index is 12.8. The molecule has 126 valence electrons. The normalized spacial score (nSPS) is 17.1. The van der Waals surface area contributed by atoms with Crippen LogP contribution in [0.25, 0.3) is 0 Å². The molecule has 2 heterocycles. The van der Waals surface area contributed by atoms with Gasteiger partial charge < -0.3 is 9.64 Å². The summed E-state index contributed by atoms with van der Waals surface area (Å²) in [7, 11) is 0. The standard InChI is InChI=1S/C18H21N3O2S/c1-12-10-17(20-13(2)19-12)23-14-8-9-21(11-14)18(22)15-6-4-5-7-16(15)24-3/h4-7,10,14H,8-9,11H2,1-3H3/t14-/m0/s1. The molecule has 0 aliphatic carbocycles. The first-order valence-electron chi connectivity index (χ1n) is 7.98. The molecule has 2 aromatic rings. The summed E-state index contributed by atoms with van der Waals surface area (Å²) in [4.78, 5) is 24.2. The molecule has 0 N–H and O–H groups in total. The van der Waals surface area contributed by atoms with Gasteiger partial charge in [-0.05, 0) is 32.2 Å².